The topological polar surface area (TPSA) is 79.5 Å². The van der Waals surface area contributed by atoms with Crippen LogP contribution in [0.25, 0.3) is 10.9 Å². The lowest BCUT2D eigenvalue weighted by atomic mass is 9.79. The summed E-state index contributed by atoms with van der Waals surface area (Å²) in [6.45, 7) is 0.370. The van der Waals surface area contributed by atoms with E-state index < -0.39 is 0 Å². The van der Waals surface area contributed by atoms with Gasteiger partial charge >= 0.3 is 5.69 Å². The average molecular weight is 451 g/mol. The van der Waals surface area contributed by atoms with Crippen LogP contribution in [0.4, 0.5) is 0 Å². The highest BCUT2D eigenvalue weighted by Gasteiger charge is 2.27. The smallest absolute Gasteiger partial charge is 0.331 e. The number of nitrogens with zero attached hydrogens (tertiary/aromatic N) is 2. The fourth-order valence-corrected chi connectivity index (χ4v) is 4.84. The Labute approximate surface area is 192 Å². The largest absolute Gasteiger partial charge is 0.497 e. The van der Waals surface area contributed by atoms with Crippen LogP contribution in [0.3, 0.4) is 0 Å². The van der Waals surface area contributed by atoms with Crippen molar-refractivity contribution < 1.29 is 14.3 Å². The number of aromatic nitrogens is 2. The number of benzene rings is 2. The molecule has 1 fully saturated rings. The number of ketones is 1. The Morgan fingerprint density at radius 2 is 1.67 bits per heavy atom. The molecule has 1 aliphatic rings. The molecule has 0 aliphatic heterocycles. The van der Waals surface area contributed by atoms with Crippen molar-refractivity contribution in [3.63, 3.8) is 0 Å². The molecule has 0 N–H and O–H groups in total. The van der Waals surface area contributed by atoms with Crippen LogP contribution in [-0.4, -0.2) is 29.1 Å². The van der Waals surface area contributed by atoms with Crippen LogP contribution in [-0.2, 0) is 24.8 Å². The zero-order chi connectivity index (χ0) is 23.5. The van der Waals surface area contributed by atoms with Gasteiger partial charge in [-0.1, -0.05) is 12.1 Å². The molecular formula is C26H30N2O5. The highest BCUT2D eigenvalue weighted by atomic mass is 16.5. The molecule has 33 heavy (non-hydrogen) atoms. The van der Waals surface area contributed by atoms with Crippen molar-refractivity contribution >= 4 is 16.7 Å². The van der Waals surface area contributed by atoms with E-state index in [4.69, 9.17) is 9.47 Å². The lowest BCUT2D eigenvalue weighted by molar-refractivity contribution is -0.123. The molecular weight excluding hydrogens is 420 g/mol. The number of aryl methyl sites for hydroxylation is 1. The summed E-state index contributed by atoms with van der Waals surface area (Å²) in [5, 5.41) is 0.471. The van der Waals surface area contributed by atoms with Gasteiger partial charge in [-0.05, 0) is 67.5 Å². The molecule has 2 aromatic carbocycles. The van der Waals surface area contributed by atoms with Gasteiger partial charge in [0.05, 0.1) is 25.1 Å². The number of Topliss-reactive ketones (excluding diaryl/α,β-unsaturated/α-hetero) is 1. The minimum Gasteiger partial charge on any atom is -0.497 e. The number of carbonyl (C=O) groups is 1. The molecule has 3 aromatic rings. The Kier molecular flexibility index (Phi) is 6.67. The van der Waals surface area contributed by atoms with Crippen molar-refractivity contribution in [1.82, 2.24) is 9.13 Å². The number of methoxy groups -OCH3 is 2. The van der Waals surface area contributed by atoms with Crippen molar-refractivity contribution in [2.75, 3.05) is 14.2 Å². The van der Waals surface area contributed by atoms with Crippen LogP contribution >= 0.6 is 0 Å². The Hall–Kier alpha value is -3.35. The van der Waals surface area contributed by atoms with Crippen molar-refractivity contribution in [2.45, 2.75) is 38.6 Å². The van der Waals surface area contributed by atoms with E-state index in [0.29, 0.717) is 29.6 Å². The molecule has 0 atom stereocenters. The number of fused-ring (bicyclic) bond motifs is 1. The maximum atomic E-state index is 13.1. The Bertz CT molecular complexity index is 1280. The molecule has 1 aliphatic carbocycles. The first-order valence-corrected chi connectivity index (χ1v) is 11.3. The lowest BCUT2D eigenvalue weighted by Gasteiger charge is -2.28. The van der Waals surface area contributed by atoms with E-state index >= 15 is 0 Å². The van der Waals surface area contributed by atoms with Gasteiger partial charge < -0.3 is 9.47 Å². The average Bonchev–Trinajstić information content (AvgIpc) is 2.85. The van der Waals surface area contributed by atoms with Crippen LogP contribution in [0.5, 0.6) is 11.5 Å². The highest BCUT2D eigenvalue weighted by Crippen LogP contribution is 2.31. The lowest BCUT2D eigenvalue weighted by Crippen LogP contribution is -2.41. The zero-order valence-electron chi connectivity index (χ0n) is 19.4. The van der Waals surface area contributed by atoms with Crippen molar-refractivity contribution in [1.29, 1.82) is 0 Å². The molecule has 0 saturated heterocycles. The van der Waals surface area contributed by atoms with Gasteiger partial charge in [-0.15, -0.1) is 0 Å². The van der Waals surface area contributed by atoms with Crippen LogP contribution in [0, 0.1) is 11.8 Å². The maximum absolute atomic E-state index is 13.1. The highest BCUT2D eigenvalue weighted by molar-refractivity contribution is 5.83. The molecule has 0 unspecified atom stereocenters. The van der Waals surface area contributed by atoms with E-state index in [1.807, 2.05) is 24.3 Å². The summed E-state index contributed by atoms with van der Waals surface area (Å²) in [4.78, 5) is 38.8. The summed E-state index contributed by atoms with van der Waals surface area (Å²) in [6, 6.07) is 12.8. The molecule has 0 amide bonds. The van der Waals surface area contributed by atoms with E-state index in [0.717, 1.165) is 37.0 Å². The summed E-state index contributed by atoms with van der Waals surface area (Å²) >= 11 is 0. The SMILES string of the molecule is COc1cccc(CC(=O)C2CCC(Cn3c(=O)c4cc(OC)ccc4n(C)c3=O)CC2)c1. The molecule has 0 spiro atoms. The molecule has 4 rings (SSSR count). The van der Waals surface area contributed by atoms with Gasteiger partial charge in [0.2, 0.25) is 0 Å². The van der Waals surface area contributed by atoms with Crippen molar-refractivity contribution in [2.24, 2.45) is 18.9 Å². The fraction of sp³-hybridized carbons (Fsp3) is 0.423. The van der Waals surface area contributed by atoms with Gasteiger partial charge in [-0.3, -0.25) is 18.7 Å². The van der Waals surface area contributed by atoms with Crippen LogP contribution in [0.15, 0.2) is 52.1 Å². The van der Waals surface area contributed by atoms with Crippen molar-refractivity contribution in [3.05, 3.63) is 68.9 Å². The summed E-state index contributed by atoms with van der Waals surface area (Å²) < 4.78 is 13.4. The number of carbonyl (C=O) groups excluding carboxylic acids is 1. The molecule has 7 heteroatoms. The van der Waals surface area contributed by atoms with Gasteiger partial charge in [0.1, 0.15) is 17.3 Å². The molecule has 174 valence electrons. The number of hydrogen-bond acceptors (Lipinski definition) is 5. The van der Waals surface area contributed by atoms with E-state index in [1.54, 1.807) is 39.5 Å². The molecule has 7 nitrogen and oxygen atoms in total. The van der Waals surface area contributed by atoms with Crippen LogP contribution in [0.1, 0.15) is 31.2 Å². The minimum absolute atomic E-state index is 0.0212. The zero-order valence-corrected chi connectivity index (χ0v) is 19.4. The Morgan fingerprint density at radius 1 is 0.970 bits per heavy atom. The first kappa shape index (κ1) is 22.8. The van der Waals surface area contributed by atoms with E-state index in [1.165, 1.54) is 9.13 Å². The molecule has 0 radical (unpaired) electrons. The summed E-state index contributed by atoms with van der Waals surface area (Å²) in [7, 11) is 4.85. The summed E-state index contributed by atoms with van der Waals surface area (Å²) in [5.74, 6) is 1.80. The van der Waals surface area contributed by atoms with E-state index in [-0.39, 0.29) is 28.9 Å². The Balaban J connectivity index is 1.45. The van der Waals surface area contributed by atoms with Crippen molar-refractivity contribution in [3.8, 4) is 11.5 Å². The molecule has 1 heterocycles. The van der Waals surface area contributed by atoms with Gasteiger partial charge in [0.25, 0.3) is 5.56 Å². The van der Waals surface area contributed by atoms with Crippen LogP contribution < -0.4 is 20.7 Å². The second-order valence-corrected chi connectivity index (χ2v) is 8.85. The fourth-order valence-electron chi connectivity index (χ4n) is 4.84. The third kappa shape index (κ3) is 4.72. The van der Waals surface area contributed by atoms with Gasteiger partial charge in [-0.2, -0.15) is 0 Å². The number of ether oxygens (including phenoxy) is 2. The standard InChI is InChI=1S/C26H30N2O5/c1-27-23-12-11-21(33-3)15-22(23)25(30)28(26(27)31)16-17-7-9-19(10-8-17)24(29)14-18-5-4-6-20(13-18)32-2/h4-6,11-13,15,17,19H,7-10,14,16H2,1-3H3. The van der Waals surface area contributed by atoms with Gasteiger partial charge in [-0.25, -0.2) is 4.79 Å². The first-order chi connectivity index (χ1) is 15.9. The monoisotopic (exact) mass is 450 g/mol. The predicted molar refractivity (Wildman–Crippen MR) is 127 cm³/mol. The molecule has 0 bridgehead atoms. The summed E-state index contributed by atoms with van der Waals surface area (Å²) in [6.07, 6.45) is 3.60. The van der Waals surface area contributed by atoms with Crippen LogP contribution in [0.2, 0.25) is 0 Å². The summed E-state index contributed by atoms with van der Waals surface area (Å²) in [5.41, 5.74) is 0.953. The quantitative estimate of drug-likeness (QED) is 0.552. The third-order valence-corrected chi connectivity index (χ3v) is 6.81. The van der Waals surface area contributed by atoms with E-state index in [2.05, 4.69) is 0 Å². The first-order valence-electron chi connectivity index (χ1n) is 11.3. The van der Waals surface area contributed by atoms with Gasteiger partial charge in [0, 0.05) is 25.9 Å². The Morgan fingerprint density at radius 3 is 2.36 bits per heavy atom. The van der Waals surface area contributed by atoms with E-state index in [9.17, 15) is 14.4 Å². The maximum Gasteiger partial charge on any atom is 0.331 e. The third-order valence-electron chi connectivity index (χ3n) is 6.81. The number of hydrogen-bond donors (Lipinski definition) is 0. The molecule has 1 aromatic heterocycles. The molecule has 1 saturated carbocycles. The normalized spacial score (nSPS) is 18.3. The second-order valence-electron chi connectivity index (χ2n) is 8.85. The van der Waals surface area contributed by atoms with Gasteiger partial charge in [0.15, 0.2) is 0 Å². The predicted octanol–water partition coefficient (Wildman–Crippen LogP) is 3.34. The minimum atomic E-state index is -0.311. The second kappa shape index (κ2) is 9.65. The number of rotatable bonds is 7.